The molecule has 1 fully saturated rings. The number of benzene rings is 4. The number of amides is 1. The van der Waals surface area contributed by atoms with Crippen molar-refractivity contribution in [1.29, 1.82) is 0 Å². The number of ether oxygens (including phenoxy) is 5. The quantitative estimate of drug-likeness (QED) is 0.0706. The molecule has 1 saturated heterocycles. The van der Waals surface area contributed by atoms with Gasteiger partial charge >= 0.3 is 12.1 Å². The molecule has 6 aromatic rings. The molecule has 7 rings (SSSR count). The summed E-state index contributed by atoms with van der Waals surface area (Å²) < 4.78 is 33.5. The van der Waals surface area contributed by atoms with Gasteiger partial charge in [-0.15, -0.1) is 0 Å². The van der Waals surface area contributed by atoms with Crippen LogP contribution in [-0.4, -0.2) is 82.0 Å². The van der Waals surface area contributed by atoms with E-state index in [1.54, 1.807) is 23.6 Å². The largest absolute Gasteiger partial charge is 0.493 e. The van der Waals surface area contributed by atoms with Crippen LogP contribution in [-0.2, 0) is 47.4 Å². The number of aromatic nitrogens is 3. The molecule has 1 aliphatic rings. The summed E-state index contributed by atoms with van der Waals surface area (Å²) in [7, 11) is 3.53. The Balaban J connectivity index is 1.25. The van der Waals surface area contributed by atoms with E-state index in [2.05, 4.69) is 30.3 Å². The minimum absolute atomic E-state index is 0.153. The maximum atomic E-state index is 14.2. The lowest BCUT2D eigenvalue weighted by Gasteiger charge is -2.24. The van der Waals surface area contributed by atoms with Crippen LogP contribution < -0.4 is 9.47 Å². The second-order valence-corrected chi connectivity index (χ2v) is 16.9. The second kappa shape index (κ2) is 19.9. The molecule has 1 N–H and O–H groups in total. The molecule has 0 radical (unpaired) electrons. The number of hydrogen-bond acceptors (Lipinski definition) is 9. The molecule has 12 nitrogen and oxygen atoms in total. The molecule has 0 spiro atoms. The van der Waals surface area contributed by atoms with Crippen LogP contribution in [0.5, 0.6) is 11.5 Å². The number of fused-ring (bicyclic) bond motifs is 2. The SMILES string of the molecule is CCOC(=O)c1c(CCCOc2cccc3ccccc23)c2cccc(-c3c(COc4ccc(C5CCOCC5)cc4)nn(C)c3CO)c2n1CCCN(C)C(=O)OC(C)(C)C. The number of carbonyl (C=O) groups excluding carboxylic acids is 2. The Morgan fingerprint density at radius 1 is 0.919 bits per heavy atom. The second-order valence-electron chi connectivity index (χ2n) is 16.9. The van der Waals surface area contributed by atoms with Crippen molar-refractivity contribution in [3.8, 4) is 22.6 Å². The van der Waals surface area contributed by atoms with E-state index in [4.69, 9.17) is 28.8 Å². The first kappa shape index (κ1) is 44.2. The lowest BCUT2D eigenvalue weighted by molar-refractivity contribution is 0.0294. The van der Waals surface area contributed by atoms with Crippen molar-refractivity contribution in [2.45, 2.75) is 91.1 Å². The number of aliphatic hydroxyl groups is 1. The van der Waals surface area contributed by atoms with Gasteiger partial charge in [0.1, 0.15) is 35.1 Å². The Morgan fingerprint density at radius 3 is 2.39 bits per heavy atom. The highest BCUT2D eigenvalue weighted by molar-refractivity contribution is 6.05. The van der Waals surface area contributed by atoms with Crippen molar-refractivity contribution in [2.75, 3.05) is 40.0 Å². The molecule has 0 atom stereocenters. The molecule has 0 saturated carbocycles. The number of para-hydroxylation sites is 1. The number of aryl methyl sites for hydroxylation is 3. The van der Waals surface area contributed by atoms with Crippen molar-refractivity contribution < 1.29 is 38.4 Å². The third-order valence-corrected chi connectivity index (χ3v) is 11.4. The van der Waals surface area contributed by atoms with Crippen molar-refractivity contribution in [2.24, 2.45) is 7.05 Å². The van der Waals surface area contributed by atoms with E-state index in [9.17, 15) is 14.7 Å². The van der Waals surface area contributed by atoms with Gasteiger partial charge < -0.3 is 38.3 Å². The molecular formula is C50H60N4O8. The van der Waals surface area contributed by atoms with Crippen molar-refractivity contribution in [1.82, 2.24) is 19.2 Å². The molecule has 0 unspecified atom stereocenters. The maximum absolute atomic E-state index is 14.2. The molecule has 4 aromatic carbocycles. The van der Waals surface area contributed by atoms with E-state index in [0.29, 0.717) is 62.0 Å². The molecule has 1 amide bonds. The number of nitrogens with zero attached hydrogens (tertiary/aromatic N) is 4. The van der Waals surface area contributed by atoms with Crippen molar-refractivity contribution >= 4 is 33.7 Å². The predicted molar refractivity (Wildman–Crippen MR) is 241 cm³/mol. The van der Waals surface area contributed by atoms with E-state index >= 15 is 0 Å². The molecule has 3 heterocycles. The van der Waals surface area contributed by atoms with Gasteiger partial charge in [0.05, 0.1) is 31.0 Å². The predicted octanol–water partition coefficient (Wildman–Crippen LogP) is 9.61. The van der Waals surface area contributed by atoms with Gasteiger partial charge in [0.15, 0.2) is 0 Å². The fraction of sp³-hybridized carbons (Fsp3) is 0.420. The van der Waals surface area contributed by atoms with Gasteiger partial charge in [0.2, 0.25) is 0 Å². The zero-order chi connectivity index (χ0) is 43.8. The van der Waals surface area contributed by atoms with Crippen LogP contribution in [0.3, 0.4) is 0 Å². The number of carbonyl (C=O) groups is 2. The van der Waals surface area contributed by atoms with Gasteiger partial charge in [-0.25, -0.2) is 9.59 Å². The third-order valence-electron chi connectivity index (χ3n) is 11.4. The Hall–Kier alpha value is -5.85. The zero-order valence-electron chi connectivity index (χ0n) is 36.9. The highest BCUT2D eigenvalue weighted by Gasteiger charge is 2.29. The Bertz CT molecular complexity index is 2470. The van der Waals surface area contributed by atoms with Crippen molar-refractivity contribution in [3.63, 3.8) is 0 Å². The van der Waals surface area contributed by atoms with E-state index in [1.165, 1.54) is 5.56 Å². The summed E-state index contributed by atoms with van der Waals surface area (Å²) in [5.41, 5.74) is 5.57. The molecule has 12 heteroatoms. The summed E-state index contributed by atoms with van der Waals surface area (Å²) in [6.07, 6.45) is 3.27. The molecule has 1 aliphatic heterocycles. The number of aliphatic hydroxyl groups excluding tert-OH is 1. The third kappa shape index (κ3) is 10.1. The van der Waals surface area contributed by atoms with Gasteiger partial charge in [0.25, 0.3) is 0 Å². The highest BCUT2D eigenvalue weighted by atomic mass is 16.6. The van der Waals surface area contributed by atoms with Gasteiger partial charge in [-0.3, -0.25) is 4.68 Å². The van der Waals surface area contributed by atoms with E-state index in [1.807, 2.05) is 87.0 Å². The van der Waals surface area contributed by atoms with Crippen LogP contribution in [0.15, 0.2) is 84.9 Å². The van der Waals surface area contributed by atoms with Crippen LogP contribution in [0.4, 0.5) is 4.79 Å². The summed E-state index contributed by atoms with van der Waals surface area (Å²) in [6, 6.07) is 28.5. The summed E-state index contributed by atoms with van der Waals surface area (Å²) >= 11 is 0. The molecular weight excluding hydrogens is 785 g/mol. The lowest BCUT2D eigenvalue weighted by Crippen LogP contribution is -2.35. The fourth-order valence-corrected chi connectivity index (χ4v) is 8.47. The van der Waals surface area contributed by atoms with Crippen LogP contribution in [0.25, 0.3) is 32.8 Å². The van der Waals surface area contributed by atoms with Gasteiger partial charge in [-0.05, 0) is 100 Å². The highest BCUT2D eigenvalue weighted by Crippen LogP contribution is 2.39. The topological polar surface area (TPSA) is 127 Å². The van der Waals surface area contributed by atoms with E-state index in [-0.39, 0.29) is 19.8 Å². The van der Waals surface area contributed by atoms with Crippen molar-refractivity contribution in [3.05, 3.63) is 113 Å². The average Bonchev–Trinajstić information content (AvgIpc) is 3.77. The number of rotatable bonds is 17. The first-order chi connectivity index (χ1) is 30.0. The molecule has 2 aromatic heterocycles. The first-order valence-corrected chi connectivity index (χ1v) is 21.8. The normalized spacial score (nSPS) is 13.4. The standard InChI is InChI=1S/C50H60N4O8/c1-7-59-48(56)47-40(19-12-29-60-44-20-10-15-36-14-8-9-16-38(36)44)39-17-11-18-41(46(39)54(47)28-13-27-52(5)49(57)62-50(2,3)4)45-42(51-53(6)43(45)32-55)33-61-37-23-21-34(22-24-37)35-25-30-58-31-26-35/h8-11,14-18,20-24,35,55H,7,12-13,19,25-33H2,1-6H3. The Labute approximate surface area is 364 Å². The fourth-order valence-electron chi connectivity index (χ4n) is 8.47. The van der Waals surface area contributed by atoms with Gasteiger partial charge in [-0.2, -0.15) is 5.10 Å². The molecule has 328 valence electrons. The number of hydrogen-bond donors (Lipinski definition) is 1. The van der Waals surface area contributed by atoms with Gasteiger partial charge in [0, 0.05) is 62.3 Å². The number of esters is 1. The molecule has 62 heavy (non-hydrogen) atoms. The maximum Gasteiger partial charge on any atom is 0.410 e. The molecule has 0 bridgehead atoms. The Kier molecular flexibility index (Phi) is 14.2. The average molecular weight is 845 g/mol. The summed E-state index contributed by atoms with van der Waals surface area (Å²) in [4.78, 5) is 28.7. The minimum Gasteiger partial charge on any atom is -0.493 e. The lowest BCUT2D eigenvalue weighted by atomic mass is 9.92. The monoisotopic (exact) mass is 844 g/mol. The van der Waals surface area contributed by atoms with Crippen LogP contribution >= 0.6 is 0 Å². The summed E-state index contributed by atoms with van der Waals surface area (Å²) in [5.74, 6) is 1.58. The smallest absolute Gasteiger partial charge is 0.410 e. The van der Waals surface area contributed by atoms with Crippen LogP contribution in [0, 0.1) is 0 Å². The van der Waals surface area contributed by atoms with Gasteiger partial charge in [-0.1, -0.05) is 66.7 Å². The first-order valence-electron chi connectivity index (χ1n) is 21.8. The zero-order valence-corrected chi connectivity index (χ0v) is 36.9. The summed E-state index contributed by atoms with van der Waals surface area (Å²) in [6.45, 7) is 10.2. The minimum atomic E-state index is -0.635. The van der Waals surface area contributed by atoms with Crippen LogP contribution in [0.1, 0.15) is 92.3 Å². The van der Waals surface area contributed by atoms with Crippen LogP contribution in [0.2, 0.25) is 0 Å². The Morgan fingerprint density at radius 2 is 1.65 bits per heavy atom. The van der Waals surface area contributed by atoms with E-state index < -0.39 is 17.7 Å². The summed E-state index contributed by atoms with van der Waals surface area (Å²) in [5, 5.41) is 18.8. The molecule has 0 aliphatic carbocycles. The van der Waals surface area contributed by atoms with E-state index in [0.717, 1.165) is 75.9 Å².